The Morgan fingerprint density at radius 1 is 0.971 bits per heavy atom. The van der Waals surface area contributed by atoms with E-state index in [1.807, 2.05) is 37.3 Å². The first kappa shape index (κ1) is 27.0. The van der Waals surface area contributed by atoms with Gasteiger partial charge in [-0.25, -0.2) is 14.4 Å². The van der Waals surface area contributed by atoms with Crippen LogP contribution >= 0.6 is 0 Å². The smallest absolute Gasteiger partial charge is 0.343 e. The maximum absolute atomic E-state index is 12.1. The van der Waals surface area contributed by atoms with Crippen molar-refractivity contribution in [3.63, 3.8) is 0 Å². The number of benzene rings is 1. The van der Waals surface area contributed by atoms with Crippen LogP contribution in [0.2, 0.25) is 0 Å². The lowest BCUT2D eigenvalue weighted by atomic mass is 9.74. The first-order valence-corrected chi connectivity index (χ1v) is 11.1. The van der Waals surface area contributed by atoms with Gasteiger partial charge in [-0.1, -0.05) is 44.2 Å². The van der Waals surface area contributed by atoms with Crippen molar-refractivity contribution in [2.24, 2.45) is 11.8 Å². The number of carboxylic acid groups (broad SMARTS) is 3. The number of carboxylic acids is 3. The number of fused-ring (bicyclic) bond motifs is 2. The summed E-state index contributed by atoms with van der Waals surface area (Å²) in [6.07, 6.45) is -8.14. The zero-order chi connectivity index (χ0) is 26.3. The summed E-state index contributed by atoms with van der Waals surface area (Å²) in [5.41, 5.74) is -6.19. The lowest BCUT2D eigenvalue weighted by Crippen LogP contribution is -2.77. The molecule has 1 aromatic carbocycles. The third kappa shape index (κ3) is 4.09. The SMILES string of the molecule is CC(CCC12OC(C(=O)O)C(O)(C(=O)O)C(C(=O)O)(O1)C(O)C2O)C(O)C(C)Cc1ccccc1. The van der Waals surface area contributed by atoms with E-state index in [9.17, 15) is 50.1 Å². The summed E-state index contributed by atoms with van der Waals surface area (Å²) < 4.78 is 10.5. The summed E-state index contributed by atoms with van der Waals surface area (Å²) in [5, 5.41) is 71.7. The molecule has 0 saturated carbocycles. The number of rotatable bonds is 10. The van der Waals surface area contributed by atoms with E-state index >= 15 is 0 Å². The Kier molecular flexibility index (Phi) is 7.29. The average molecular weight is 498 g/mol. The molecule has 12 nitrogen and oxygen atoms in total. The topological polar surface area (TPSA) is 211 Å². The van der Waals surface area contributed by atoms with E-state index in [-0.39, 0.29) is 12.3 Å². The van der Waals surface area contributed by atoms with Gasteiger partial charge in [0.15, 0.2) is 5.79 Å². The van der Waals surface area contributed by atoms with Gasteiger partial charge in [0, 0.05) is 6.42 Å². The molecule has 0 aromatic heterocycles. The fourth-order valence-electron chi connectivity index (χ4n) is 5.09. The third-order valence-electron chi connectivity index (χ3n) is 7.15. The summed E-state index contributed by atoms with van der Waals surface area (Å²) in [7, 11) is 0. The van der Waals surface area contributed by atoms with Gasteiger partial charge >= 0.3 is 17.9 Å². The quantitative estimate of drug-likeness (QED) is 0.212. The molecule has 3 rings (SSSR count). The van der Waals surface area contributed by atoms with Gasteiger partial charge in [-0.2, -0.15) is 0 Å². The maximum atomic E-state index is 12.1. The second kappa shape index (κ2) is 9.45. The van der Waals surface area contributed by atoms with Crippen LogP contribution in [0.25, 0.3) is 0 Å². The van der Waals surface area contributed by atoms with Gasteiger partial charge in [0.2, 0.25) is 17.3 Å². The molecule has 2 saturated heterocycles. The molecule has 2 bridgehead atoms. The normalized spacial score (nSPS) is 36.8. The molecule has 194 valence electrons. The molecule has 9 atom stereocenters. The lowest BCUT2D eigenvalue weighted by Gasteiger charge is -2.48. The largest absolute Gasteiger partial charge is 0.479 e. The minimum absolute atomic E-state index is 0.0115. The molecule has 12 heteroatoms. The van der Waals surface area contributed by atoms with E-state index < -0.39 is 71.7 Å². The second-order valence-electron chi connectivity index (χ2n) is 9.43. The molecule has 2 aliphatic heterocycles. The van der Waals surface area contributed by atoms with Gasteiger partial charge in [-0.15, -0.1) is 0 Å². The van der Waals surface area contributed by atoms with Crippen LogP contribution < -0.4 is 0 Å². The molecule has 9 unspecified atom stereocenters. The number of aliphatic hydroxyl groups is 4. The number of aliphatic carboxylic acids is 3. The Bertz CT molecular complexity index is 969. The number of ether oxygens (including phenoxy) is 2. The maximum Gasteiger partial charge on any atom is 0.343 e. The van der Waals surface area contributed by atoms with E-state index in [1.54, 1.807) is 6.92 Å². The highest BCUT2D eigenvalue weighted by molar-refractivity contribution is 5.97. The molecule has 7 N–H and O–H groups in total. The molecule has 35 heavy (non-hydrogen) atoms. The predicted molar refractivity (Wildman–Crippen MR) is 115 cm³/mol. The second-order valence-corrected chi connectivity index (χ2v) is 9.43. The van der Waals surface area contributed by atoms with Crippen molar-refractivity contribution in [1.29, 1.82) is 0 Å². The van der Waals surface area contributed by atoms with Crippen LogP contribution in [-0.4, -0.2) is 95.1 Å². The number of hydrogen-bond donors (Lipinski definition) is 7. The molecule has 2 fully saturated rings. The number of carbonyl (C=O) groups is 3. The van der Waals surface area contributed by atoms with Crippen LogP contribution in [-0.2, 0) is 30.3 Å². The minimum Gasteiger partial charge on any atom is -0.479 e. The number of aliphatic hydroxyl groups excluding tert-OH is 3. The highest BCUT2D eigenvalue weighted by Crippen LogP contribution is 2.54. The van der Waals surface area contributed by atoms with Gasteiger partial charge in [-0.05, 0) is 30.2 Å². The minimum atomic E-state index is -3.76. The van der Waals surface area contributed by atoms with E-state index in [1.165, 1.54) is 0 Å². The van der Waals surface area contributed by atoms with Crippen LogP contribution in [0.1, 0.15) is 32.3 Å². The average Bonchev–Trinajstić information content (AvgIpc) is 3.00. The van der Waals surface area contributed by atoms with E-state index in [4.69, 9.17) is 9.47 Å². The molecule has 2 aliphatic rings. The van der Waals surface area contributed by atoms with Crippen molar-refractivity contribution >= 4 is 17.9 Å². The van der Waals surface area contributed by atoms with E-state index in [0.29, 0.717) is 6.42 Å². The molecular weight excluding hydrogens is 468 g/mol. The third-order valence-corrected chi connectivity index (χ3v) is 7.15. The molecule has 0 radical (unpaired) electrons. The van der Waals surface area contributed by atoms with Crippen molar-refractivity contribution in [1.82, 2.24) is 0 Å². The van der Waals surface area contributed by atoms with Gasteiger partial charge < -0.3 is 45.2 Å². The fourth-order valence-corrected chi connectivity index (χ4v) is 5.09. The molecular formula is C23H30O12. The van der Waals surface area contributed by atoms with E-state index in [2.05, 4.69) is 0 Å². The van der Waals surface area contributed by atoms with Gasteiger partial charge in [0.05, 0.1) is 6.10 Å². The Morgan fingerprint density at radius 3 is 2.09 bits per heavy atom. The van der Waals surface area contributed by atoms with Crippen molar-refractivity contribution < 1.29 is 59.6 Å². The zero-order valence-electron chi connectivity index (χ0n) is 19.1. The van der Waals surface area contributed by atoms with E-state index in [0.717, 1.165) is 5.56 Å². The van der Waals surface area contributed by atoms with Gasteiger partial charge in [0.1, 0.15) is 12.2 Å². The lowest BCUT2D eigenvalue weighted by molar-refractivity contribution is -0.374. The molecule has 2 heterocycles. The van der Waals surface area contributed by atoms with Crippen molar-refractivity contribution in [3.8, 4) is 0 Å². The van der Waals surface area contributed by atoms with Crippen molar-refractivity contribution in [2.75, 3.05) is 0 Å². The Labute approximate surface area is 200 Å². The van der Waals surface area contributed by atoms with Gasteiger partial charge in [-0.3, -0.25) is 0 Å². The predicted octanol–water partition coefficient (Wildman–Crippen LogP) is -0.787. The molecule has 0 spiro atoms. The summed E-state index contributed by atoms with van der Waals surface area (Å²) in [4.78, 5) is 35.8. The molecule has 0 amide bonds. The standard InChI is InChI=1S/C23H30O12/c1-11(14(24)12(2)10-13-6-4-3-5-7-13)8-9-21-15(25)16(26)23(35-21,20(31)32)22(33,19(29)30)17(34-21)18(27)28/h3-7,11-12,14-17,24-26,33H,8-10H2,1-2H3,(H,27,28)(H,29,30)(H,31,32). The Morgan fingerprint density at radius 2 is 1.57 bits per heavy atom. The zero-order valence-corrected chi connectivity index (χ0v) is 19.1. The monoisotopic (exact) mass is 498 g/mol. The van der Waals surface area contributed by atoms with Crippen molar-refractivity contribution in [3.05, 3.63) is 35.9 Å². The van der Waals surface area contributed by atoms with Crippen LogP contribution in [0.5, 0.6) is 0 Å². The van der Waals surface area contributed by atoms with Crippen molar-refractivity contribution in [2.45, 2.75) is 74.5 Å². The highest BCUT2D eigenvalue weighted by Gasteiger charge is 2.84. The first-order chi connectivity index (χ1) is 16.2. The van der Waals surface area contributed by atoms with Crippen LogP contribution in [0.4, 0.5) is 0 Å². The van der Waals surface area contributed by atoms with Crippen LogP contribution in [0.15, 0.2) is 30.3 Å². The molecule has 1 aromatic rings. The summed E-state index contributed by atoms with van der Waals surface area (Å²) in [5.74, 6) is -9.69. The Balaban J connectivity index is 1.86. The fraction of sp³-hybridized carbons (Fsp3) is 0.609. The number of hydrogen-bond acceptors (Lipinski definition) is 9. The highest BCUT2D eigenvalue weighted by atomic mass is 16.8. The first-order valence-electron chi connectivity index (χ1n) is 11.1. The van der Waals surface area contributed by atoms with Crippen LogP contribution in [0, 0.1) is 11.8 Å². The van der Waals surface area contributed by atoms with Gasteiger partial charge in [0.25, 0.3) is 0 Å². The van der Waals surface area contributed by atoms with Crippen LogP contribution in [0.3, 0.4) is 0 Å². The summed E-state index contributed by atoms with van der Waals surface area (Å²) in [6.45, 7) is 3.51. The molecule has 0 aliphatic carbocycles. The summed E-state index contributed by atoms with van der Waals surface area (Å²) in [6, 6.07) is 9.42. The summed E-state index contributed by atoms with van der Waals surface area (Å²) >= 11 is 0. The Hall–Kier alpha value is -2.61.